The van der Waals surface area contributed by atoms with Gasteiger partial charge in [0.25, 0.3) is 0 Å². The summed E-state index contributed by atoms with van der Waals surface area (Å²) in [5, 5.41) is 15.9. The number of amides is 2. The van der Waals surface area contributed by atoms with E-state index in [1.54, 1.807) is 30.1 Å². The average Bonchev–Trinajstić information content (AvgIpc) is 3.25. The Kier molecular flexibility index (Phi) is 6.63. The maximum Gasteiger partial charge on any atom is 0.343 e. The monoisotopic (exact) mass is 408 g/mol. The Labute approximate surface area is 174 Å². The van der Waals surface area contributed by atoms with Gasteiger partial charge in [-0.3, -0.25) is 0 Å². The number of urea groups is 1. The number of carbonyl (C=O) groups is 1. The number of methoxy groups -OCH3 is 1. The number of rotatable bonds is 7. The normalized spacial score (nSPS) is 10.8. The molecule has 9 heteroatoms. The van der Waals surface area contributed by atoms with Gasteiger partial charge in [-0.05, 0) is 30.7 Å². The lowest BCUT2D eigenvalue weighted by Gasteiger charge is -2.20. The third kappa shape index (κ3) is 4.40. The zero-order valence-corrected chi connectivity index (χ0v) is 17.4. The largest absolute Gasteiger partial charge is 0.494 e. The van der Waals surface area contributed by atoms with Crippen molar-refractivity contribution in [2.75, 3.05) is 26.2 Å². The fourth-order valence-electron chi connectivity index (χ4n) is 2.95. The van der Waals surface area contributed by atoms with Crippen molar-refractivity contribution >= 4 is 11.7 Å². The predicted octanol–water partition coefficient (Wildman–Crippen LogP) is 3.91. The van der Waals surface area contributed by atoms with E-state index in [0.717, 1.165) is 16.8 Å². The van der Waals surface area contributed by atoms with E-state index in [-0.39, 0.29) is 6.61 Å². The summed E-state index contributed by atoms with van der Waals surface area (Å²) in [6, 6.07) is 14.6. The van der Waals surface area contributed by atoms with Crippen LogP contribution < -0.4 is 19.8 Å². The molecule has 2 amide bonds. The Morgan fingerprint density at radius 2 is 2.00 bits per heavy atom. The summed E-state index contributed by atoms with van der Waals surface area (Å²) < 4.78 is 13.0. The van der Waals surface area contributed by atoms with Crippen LogP contribution in [-0.2, 0) is 6.61 Å². The van der Waals surface area contributed by atoms with Crippen LogP contribution in [0.2, 0.25) is 0 Å². The average molecular weight is 408 g/mol. The van der Waals surface area contributed by atoms with Gasteiger partial charge in [0, 0.05) is 24.9 Å². The number of anilines is 1. The summed E-state index contributed by atoms with van der Waals surface area (Å²) >= 11 is 0. The van der Waals surface area contributed by atoms with Crippen molar-refractivity contribution in [2.24, 2.45) is 10.3 Å². The highest BCUT2D eigenvalue weighted by Crippen LogP contribution is 2.27. The molecule has 1 heterocycles. The van der Waals surface area contributed by atoms with Gasteiger partial charge < -0.3 is 14.8 Å². The van der Waals surface area contributed by atoms with Gasteiger partial charge in [-0.15, -0.1) is 5.10 Å². The van der Waals surface area contributed by atoms with E-state index in [1.165, 1.54) is 19.1 Å². The number of carbonyl (C=O) groups excluding carboxylic acids is 1. The fraction of sp³-hybridized carbons (Fsp3) is 0.238. The number of ether oxygens (including phenoxy) is 2. The molecule has 0 atom stereocenters. The summed E-state index contributed by atoms with van der Waals surface area (Å²) in [6.45, 7) is 2.15. The molecule has 9 nitrogen and oxygen atoms in total. The van der Waals surface area contributed by atoms with Gasteiger partial charge in [0.15, 0.2) is 0 Å². The van der Waals surface area contributed by atoms with E-state index in [9.17, 15) is 4.79 Å². The van der Waals surface area contributed by atoms with Crippen molar-refractivity contribution in [2.45, 2.75) is 13.5 Å². The second-order valence-corrected chi connectivity index (χ2v) is 6.29. The highest BCUT2D eigenvalue weighted by Gasteiger charge is 2.19. The quantitative estimate of drug-likeness (QED) is 0.474. The summed E-state index contributed by atoms with van der Waals surface area (Å²) in [4.78, 5) is 12.3. The topological polar surface area (TPSA) is 93.3 Å². The number of nitrogens with one attached hydrogen (secondary N) is 1. The number of aromatic nitrogens is 2. The third-order valence-electron chi connectivity index (χ3n) is 4.46. The summed E-state index contributed by atoms with van der Waals surface area (Å²) in [5.41, 5.74) is 3.15. The van der Waals surface area contributed by atoms with Gasteiger partial charge in [0.05, 0.1) is 19.8 Å². The van der Waals surface area contributed by atoms with E-state index in [2.05, 4.69) is 20.8 Å². The van der Waals surface area contributed by atoms with E-state index in [4.69, 9.17) is 9.47 Å². The van der Waals surface area contributed by atoms with Crippen LogP contribution in [0.15, 0.2) is 65.1 Å². The minimum atomic E-state index is -0.395. The molecule has 1 aromatic heterocycles. The van der Waals surface area contributed by atoms with Crippen LogP contribution in [0.25, 0.3) is 5.69 Å². The van der Waals surface area contributed by atoms with E-state index in [1.807, 2.05) is 43.3 Å². The lowest BCUT2D eigenvalue weighted by atomic mass is 10.1. The Morgan fingerprint density at radius 3 is 2.73 bits per heavy atom. The van der Waals surface area contributed by atoms with Crippen LogP contribution in [0.3, 0.4) is 0 Å². The van der Waals surface area contributed by atoms with Crippen molar-refractivity contribution in [1.82, 2.24) is 15.1 Å². The van der Waals surface area contributed by atoms with E-state index in [0.29, 0.717) is 17.3 Å². The molecular formula is C21H24N6O3. The molecule has 1 N–H and O–H groups in total. The molecule has 0 fully saturated rings. The molecule has 0 radical (unpaired) electrons. The first-order valence-electron chi connectivity index (χ1n) is 9.31. The first kappa shape index (κ1) is 20.8. The number of nitrogens with zero attached hydrogens (tertiary/aromatic N) is 5. The molecular weight excluding hydrogens is 384 g/mol. The molecule has 0 aliphatic heterocycles. The molecule has 0 aliphatic carbocycles. The number of hydrogen-bond acceptors (Lipinski definition) is 6. The molecule has 156 valence electrons. The standard InChI is InChI=1S/C21H24N6O3/c1-15-8-7-10-17(27(25-23-3)21(28)22-2)16(15)14-30-20-12-13-26(24-20)18-9-5-6-11-19(18)29-4/h5-13H,14H2,1-4H3,(H,22,28). The van der Waals surface area contributed by atoms with Crippen molar-refractivity contribution in [3.63, 3.8) is 0 Å². The highest BCUT2D eigenvalue weighted by atomic mass is 16.5. The van der Waals surface area contributed by atoms with Crippen LogP contribution in [-0.4, -0.2) is 37.0 Å². The molecule has 0 bridgehead atoms. The van der Waals surface area contributed by atoms with E-state index < -0.39 is 6.03 Å². The lowest BCUT2D eigenvalue weighted by Crippen LogP contribution is -2.34. The molecule has 30 heavy (non-hydrogen) atoms. The van der Waals surface area contributed by atoms with Gasteiger partial charge in [-0.1, -0.05) is 29.5 Å². The van der Waals surface area contributed by atoms with Crippen LogP contribution in [0.1, 0.15) is 11.1 Å². The molecule has 0 spiro atoms. The summed E-state index contributed by atoms with van der Waals surface area (Å²) in [7, 11) is 4.66. The van der Waals surface area contributed by atoms with Crippen LogP contribution in [0.5, 0.6) is 11.6 Å². The second kappa shape index (κ2) is 9.55. The van der Waals surface area contributed by atoms with E-state index >= 15 is 0 Å². The Morgan fingerprint density at radius 1 is 1.20 bits per heavy atom. The SMILES string of the molecule is CN=NN(C(=O)NC)c1cccc(C)c1COc1ccn(-c2ccccc2OC)n1. The summed E-state index contributed by atoms with van der Waals surface area (Å²) in [6.07, 6.45) is 1.80. The first-order valence-corrected chi connectivity index (χ1v) is 9.31. The molecule has 2 aromatic carbocycles. The number of aryl methyl sites for hydroxylation is 1. The van der Waals surface area contributed by atoms with Crippen molar-refractivity contribution in [3.8, 4) is 17.3 Å². The summed E-state index contributed by atoms with van der Waals surface area (Å²) in [5.74, 6) is 1.15. The lowest BCUT2D eigenvalue weighted by molar-refractivity contribution is 0.247. The number of para-hydroxylation sites is 2. The zero-order valence-electron chi connectivity index (χ0n) is 17.4. The number of benzene rings is 2. The molecule has 3 aromatic rings. The predicted molar refractivity (Wildman–Crippen MR) is 113 cm³/mol. The van der Waals surface area contributed by atoms with Crippen molar-refractivity contribution in [1.29, 1.82) is 0 Å². The zero-order chi connectivity index (χ0) is 21.5. The molecule has 0 saturated carbocycles. The second-order valence-electron chi connectivity index (χ2n) is 6.29. The van der Waals surface area contributed by atoms with Gasteiger partial charge in [0.1, 0.15) is 18.0 Å². The molecule has 3 rings (SSSR count). The van der Waals surface area contributed by atoms with Gasteiger partial charge in [-0.2, -0.15) is 10.1 Å². The smallest absolute Gasteiger partial charge is 0.343 e. The Hall–Kier alpha value is -3.88. The van der Waals surface area contributed by atoms with Gasteiger partial charge in [-0.25, -0.2) is 9.48 Å². The fourth-order valence-corrected chi connectivity index (χ4v) is 2.95. The molecule has 0 saturated heterocycles. The maximum absolute atomic E-state index is 12.3. The first-order chi connectivity index (χ1) is 14.6. The minimum Gasteiger partial charge on any atom is -0.494 e. The Balaban J connectivity index is 1.85. The molecule has 0 aliphatic rings. The van der Waals surface area contributed by atoms with Gasteiger partial charge in [0.2, 0.25) is 5.88 Å². The van der Waals surface area contributed by atoms with Gasteiger partial charge >= 0.3 is 6.03 Å². The van der Waals surface area contributed by atoms with Crippen LogP contribution in [0, 0.1) is 6.92 Å². The minimum absolute atomic E-state index is 0.206. The third-order valence-corrected chi connectivity index (χ3v) is 4.46. The maximum atomic E-state index is 12.3. The molecule has 0 unspecified atom stereocenters. The van der Waals surface area contributed by atoms with Crippen LogP contribution in [0.4, 0.5) is 10.5 Å². The Bertz CT molecular complexity index is 1050. The number of hydrogen-bond donors (Lipinski definition) is 1. The van der Waals surface area contributed by atoms with Crippen molar-refractivity contribution < 1.29 is 14.3 Å². The van der Waals surface area contributed by atoms with Crippen molar-refractivity contribution in [3.05, 3.63) is 65.9 Å². The van der Waals surface area contributed by atoms with Crippen LogP contribution >= 0.6 is 0 Å². The highest BCUT2D eigenvalue weighted by molar-refractivity contribution is 5.92.